The fourth-order valence-electron chi connectivity index (χ4n) is 2.60. The predicted molar refractivity (Wildman–Crippen MR) is 111 cm³/mol. The van der Waals surface area contributed by atoms with Crippen molar-refractivity contribution in [1.82, 2.24) is 0 Å². The summed E-state index contributed by atoms with van der Waals surface area (Å²) in [6, 6.07) is 0. The van der Waals surface area contributed by atoms with Crippen molar-refractivity contribution >= 4 is 7.82 Å². The lowest BCUT2D eigenvalue weighted by Gasteiger charge is -2.27. The number of aliphatic hydroxyl groups is 1. The van der Waals surface area contributed by atoms with Gasteiger partial charge in [0, 0.05) is 6.61 Å². The molecule has 0 heterocycles. The van der Waals surface area contributed by atoms with E-state index in [1.807, 2.05) is 21.1 Å². The van der Waals surface area contributed by atoms with Crippen LogP contribution in [0.15, 0.2) is 0 Å². The highest BCUT2D eigenvalue weighted by atomic mass is 31.2. The molecule has 1 N–H and O–H groups in total. The summed E-state index contributed by atoms with van der Waals surface area (Å²) in [7, 11) is 1.44. The number of ether oxygens (including phenoxy) is 1. The van der Waals surface area contributed by atoms with Gasteiger partial charge < -0.3 is 28.3 Å². The molecule has 2 atom stereocenters. The zero-order valence-corrected chi connectivity index (χ0v) is 19.5. The summed E-state index contributed by atoms with van der Waals surface area (Å²) in [5, 5.41) is 9.76. The number of phosphoric ester groups is 1. The van der Waals surface area contributed by atoms with Crippen LogP contribution in [-0.2, 0) is 18.3 Å². The van der Waals surface area contributed by atoms with Gasteiger partial charge in [0.2, 0.25) is 0 Å². The summed E-state index contributed by atoms with van der Waals surface area (Å²) >= 11 is 0. The number of unbranched alkanes of at least 4 members (excludes halogenated alkanes) is 9. The first-order valence-corrected chi connectivity index (χ1v) is 12.3. The first-order valence-electron chi connectivity index (χ1n) is 10.8. The lowest BCUT2D eigenvalue weighted by molar-refractivity contribution is -0.870. The number of rotatable bonds is 20. The Hall–Kier alpha value is -0.0100. The molecule has 0 spiro atoms. The third-order valence-electron chi connectivity index (χ3n) is 4.39. The van der Waals surface area contributed by atoms with E-state index in [1.54, 1.807) is 0 Å². The van der Waals surface area contributed by atoms with Crippen molar-refractivity contribution in [3.05, 3.63) is 0 Å². The van der Waals surface area contributed by atoms with E-state index >= 15 is 0 Å². The zero-order chi connectivity index (χ0) is 21.3. The van der Waals surface area contributed by atoms with E-state index in [9.17, 15) is 14.6 Å². The molecule has 1 unspecified atom stereocenters. The van der Waals surface area contributed by atoms with Crippen LogP contribution in [0.3, 0.4) is 0 Å². The summed E-state index contributed by atoms with van der Waals surface area (Å²) < 4.78 is 27.1. The molecule has 0 aromatic carbocycles. The Morgan fingerprint density at radius 1 is 0.857 bits per heavy atom. The van der Waals surface area contributed by atoms with Gasteiger partial charge in [-0.2, -0.15) is 0 Å². The van der Waals surface area contributed by atoms with E-state index in [4.69, 9.17) is 13.8 Å². The summed E-state index contributed by atoms with van der Waals surface area (Å²) in [6.07, 6.45) is 11.6. The zero-order valence-electron chi connectivity index (χ0n) is 18.6. The fraction of sp³-hybridized carbons (Fsp3) is 1.00. The van der Waals surface area contributed by atoms with Gasteiger partial charge in [0.25, 0.3) is 7.82 Å². The molecule has 8 heteroatoms. The van der Waals surface area contributed by atoms with Crippen LogP contribution in [0.4, 0.5) is 0 Å². The smallest absolute Gasteiger partial charge is 0.268 e. The Balaban J connectivity index is 3.49. The van der Waals surface area contributed by atoms with E-state index in [0.717, 1.165) is 12.8 Å². The summed E-state index contributed by atoms with van der Waals surface area (Å²) in [5.41, 5.74) is 0. The lowest BCUT2D eigenvalue weighted by Crippen LogP contribution is -2.37. The average Bonchev–Trinajstić information content (AvgIpc) is 2.59. The molecular formula is C20H44NO6P. The molecule has 0 aliphatic heterocycles. The van der Waals surface area contributed by atoms with Gasteiger partial charge in [0.15, 0.2) is 0 Å². The highest BCUT2D eigenvalue weighted by Crippen LogP contribution is 2.38. The van der Waals surface area contributed by atoms with E-state index in [2.05, 4.69) is 6.92 Å². The molecule has 0 rings (SSSR count). The van der Waals surface area contributed by atoms with Gasteiger partial charge in [0.05, 0.1) is 34.4 Å². The molecule has 0 radical (unpaired) electrons. The molecule has 0 aromatic rings. The first kappa shape index (κ1) is 28.0. The van der Waals surface area contributed by atoms with Crippen molar-refractivity contribution < 1.29 is 32.8 Å². The first-order chi connectivity index (χ1) is 13.2. The number of hydrogen-bond acceptors (Lipinski definition) is 6. The van der Waals surface area contributed by atoms with Crippen molar-refractivity contribution in [1.29, 1.82) is 0 Å². The minimum Gasteiger partial charge on any atom is -0.756 e. The Bertz CT molecular complexity index is 403. The Morgan fingerprint density at radius 3 is 1.93 bits per heavy atom. The van der Waals surface area contributed by atoms with Gasteiger partial charge in [-0.15, -0.1) is 0 Å². The fourth-order valence-corrected chi connectivity index (χ4v) is 3.33. The summed E-state index contributed by atoms with van der Waals surface area (Å²) in [5.74, 6) is 0. The third kappa shape index (κ3) is 20.7. The SMILES string of the molecule is CCCCCCCCCCCCOC[C@@H](O)COP(=O)([O-])OCC[N+](C)(C)C. The number of quaternary nitrogens is 1. The Kier molecular flexibility index (Phi) is 16.7. The predicted octanol–water partition coefficient (Wildman–Crippen LogP) is 3.49. The van der Waals surface area contributed by atoms with E-state index < -0.39 is 13.9 Å². The van der Waals surface area contributed by atoms with E-state index in [-0.39, 0.29) is 19.8 Å². The highest BCUT2D eigenvalue weighted by Gasteiger charge is 2.15. The van der Waals surface area contributed by atoms with Crippen LogP contribution in [0, 0.1) is 0 Å². The molecule has 0 aromatic heterocycles. The van der Waals surface area contributed by atoms with Crippen LogP contribution < -0.4 is 4.89 Å². The van der Waals surface area contributed by atoms with Crippen molar-refractivity contribution in [3.63, 3.8) is 0 Å². The van der Waals surface area contributed by atoms with E-state index in [0.29, 0.717) is 17.6 Å². The van der Waals surface area contributed by atoms with Crippen molar-refractivity contribution in [2.24, 2.45) is 0 Å². The quantitative estimate of drug-likeness (QED) is 0.182. The molecule has 170 valence electrons. The van der Waals surface area contributed by atoms with Crippen LogP contribution in [0.2, 0.25) is 0 Å². The number of hydrogen-bond donors (Lipinski definition) is 1. The Labute approximate surface area is 172 Å². The maximum Gasteiger partial charge on any atom is 0.268 e. The molecule has 0 aliphatic carbocycles. The highest BCUT2D eigenvalue weighted by molar-refractivity contribution is 7.45. The largest absolute Gasteiger partial charge is 0.756 e. The van der Waals surface area contributed by atoms with Crippen molar-refractivity contribution in [2.45, 2.75) is 77.2 Å². The second-order valence-corrected chi connectivity index (χ2v) is 9.91. The van der Waals surface area contributed by atoms with Crippen LogP contribution in [-0.4, -0.2) is 69.8 Å². The molecular weight excluding hydrogens is 381 g/mol. The lowest BCUT2D eigenvalue weighted by atomic mass is 10.1. The minimum atomic E-state index is -4.38. The van der Waals surface area contributed by atoms with Crippen LogP contribution >= 0.6 is 7.82 Å². The van der Waals surface area contributed by atoms with Crippen LogP contribution in [0.1, 0.15) is 71.1 Å². The van der Waals surface area contributed by atoms with Crippen LogP contribution in [0.25, 0.3) is 0 Å². The second-order valence-electron chi connectivity index (χ2n) is 8.50. The summed E-state index contributed by atoms with van der Waals surface area (Å²) in [6.45, 7) is 3.12. The number of phosphoric acid groups is 1. The maximum absolute atomic E-state index is 11.6. The number of aliphatic hydroxyl groups excluding tert-OH is 1. The normalized spacial score (nSPS) is 15.5. The van der Waals surface area contributed by atoms with Crippen molar-refractivity contribution in [2.75, 3.05) is 54.1 Å². The van der Waals surface area contributed by atoms with Crippen molar-refractivity contribution in [3.8, 4) is 0 Å². The molecule has 0 saturated carbocycles. The van der Waals surface area contributed by atoms with Gasteiger partial charge >= 0.3 is 0 Å². The molecule has 0 aliphatic rings. The van der Waals surface area contributed by atoms with Gasteiger partial charge in [-0.1, -0.05) is 64.7 Å². The minimum absolute atomic E-state index is 0.0512. The monoisotopic (exact) mass is 425 g/mol. The average molecular weight is 426 g/mol. The van der Waals surface area contributed by atoms with Gasteiger partial charge in [0.1, 0.15) is 19.3 Å². The van der Waals surface area contributed by atoms with Gasteiger partial charge in [-0.25, -0.2) is 0 Å². The molecule has 0 bridgehead atoms. The molecule has 0 fully saturated rings. The third-order valence-corrected chi connectivity index (χ3v) is 5.35. The molecule has 7 nitrogen and oxygen atoms in total. The van der Waals surface area contributed by atoms with Gasteiger partial charge in [-0.3, -0.25) is 4.57 Å². The van der Waals surface area contributed by atoms with E-state index in [1.165, 1.54) is 51.4 Å². The Morgan fingerprint density at radius 2 is 1.39 bits per heavy atom. The number of nitrogens with zero attached hydrogens (tertiary/aromatic N) is 1. The molecule has 0 amide bonds. The number of likely N-dealkylation sites (N-methyl/N-ethyl adjacent to an activating group) is 1. The second kappa shape index (κ2) is 16.8. The molecule has 0 saturated heterocycles. The topological polar surface area (TPSA) is 88.0 Å². The van der Waals surface area contributed by atoms with Gasteiger partial charge in [-0.05, 0) is 6.42 Å². The summed E-state index contributed by atoms with van der Waals surface area (Å²) in [4.78, 5) is 11.6. The molecule has 28 heavy (non-hydrogen) atoms. The standard InChI is InChI=1S/C20H44NO6P/c1-5-6-7-8-9-10-11-12-13-14-16-25-18-20(22)19-27-28(23,24)26-17-15-21(2,3)4/h20,22H,5-19H2,1-4H3/t20-/m1/s1. The van der Waals surface area contributed by atoms with Crippen LogP contribution in [0.5, 0.6) is 0 Å². The maximum atomic E-state index is 11.6.